The van der Waals surface area contributed by atoms with E-state index in [1.165, 1.54) is 0 Å². The summed E-state index contributed by atoms with van der Waals surface area (Å²) in [4.78, 5) is 24.7. The number of ether oxygens (including phenoxy) is 1. The Kier molecular flexibility index (Phi) is 6.19. The molecular formula is C22H28N2O4. The maximum Gasteiger partial charge on any atom is 0.326 e. The maximum atomic E-state index is 12.9. The molecule has 1 saturated heterocycles. The largest absolute Gasteiger partial charge is 0.480 e. The lowest BCUT2D eigenvalue weighted by Gasteiger charge is -2.28. The number of hydrogen-bond donors (Lipinski definition) is 2. The summed E-state index contributed by atoms with van der Waals surface area (Å²) in [6, 6.07) is 11.1. The van der Waals surface area contributed by atoms with Crippen LogP contribution in [-0.2, 0) is 9.53 Å². The van der Waals surface area contributed by atoms with Crippen molar-refractivity contribution < 1.29 is 19.4 Å². The van der Waals surface area contributed by atoms with Gasteiger partial charge in [-0.05, 0) is 45.2 Å². The molecule has 1 aliphatic heterocycles. The van der Waals surface area contributed by atoms with Gasteiger partial charge in [0.05, 0.1) is 18.2 Å². The van der Waals surface area contributed by atoms with Crippen LogP contribution in [0.1, 0.15) is 53.1 Å². The molecule has 2 heterocycles. The molecule has 0 aliphatic carbocycles. The van der Waals surface area contributed by atoms with Crippen molar-refractivity contribution in [2.45, 2.75) is 45.7 Å². The van der Waals surface area contributed by atoms with E-state index in [0.29, 0.717) is 18.8 Å². The van der Waals surface area contributed by atoms with Crippen molar-refractivity contribution in [3.63, 3.8) is 0 Å². The minimum absolute atomic E-state index is 0.0739. The van der Waals surface area contributed by atoms with Crippen LogP contribution in [0.5, 0.6) is 0 Å². The molecule has 1 fully saturated rings. The van der Waals surface area contributed by atoms with Gasteiger partial charge >= 0.3 is 5.97 Å². The molecule has 2 N–H and O–H groups in total. The monoisotopic (exact) mass is 384 g/mol. The van der Waals surface area contributed by atoms with Crippen LogP contribution in [0.3, 0.4) is 0 Å². The van der Waals surface area contributed by atoms with E-state index < -0.39 is 12.0 Å². The predicted molar refractivity (Wildman–Crippen MR) is 107 cm³/mol. The topological polar surface area (TPSA) is 80.6 Å². The zero-order chi connectivity index (χ0) is 20.3. The second-order valence-electron chi connectivity index (χ2n) is 7.51. The number of nitrogens with one attached hydrogen (secondary N) is 1. The lowest BCUT2D eigenvalue weighted by Crippen LogP contribution is -2.48. The summed E-state index contributed by atoms with van der Waals surface area (Å²) in [6.07, 6.45) is 1.55. The number of rotatable bonds is 6. The highest BCUT2D eigenvalue weighted by atomic mass is 16.5. The van der Waals surface area contributed by atoms with Gasteiger partial charge in [0.25, 0.3) is 5.91 Å². The molecule has 3 rings (SSSR count). The van der Waals surface area contributed by atoms with Crippen LogP contribution in [-0.4, -0.2) is 40.8 Å². The molecule has 0 radical (unpaired) electrons. The number of amides is 1. The highest BCUT2D eigenvalue weighted by Crippen LogP contribution is 2.26. The summed E-state index contributed by atoms with van der Waals surface area (Å²) >= 11 is 0. The molecule has 0 saturated carbocycles. The van der Waals surface area contributed by atoms with Crippen molar-refractivity contribution in [3.05, 3.63) is 58.9 Å². The summed E-state index contributed by atoms with van der Waals surface area (Å²) in [5, 5.41) is 12.3. The van der Waals surface area contributed by atoms with E-state index in [2.05, 4.69) is 28.9 Å². The van der Waals surface area contributed by atoms with Gasteiger partial charge in [0, 0.05) is 23.9 Å². The maximum absolute atomic E-state index is 12.9. The molecule has 0 spiro atoms. The van der Waals surface area contributed by atoms with Crippen molar-refractivity contribution in [2.75, 3.05) is 13.2 Å². The first-order valence-corrected chi connectivity index (χ1v) is 9.75. The molecule has 1 aliphatic rings. The molecule has 1 amide bonds. The van der Waals surface area contributed by atoms with Crippen LogP contribution in [0.2, 0.25) is 0 Å². The lowest BCUT2D eigenvalue weighted by molar-refractivity contribution is -0.142. The van der Waals surface area contributed by atoms with Crippen molar-refractivity contribution in [2.24, 2.45) is 5.92 Å². The normalized spacial score (nSPS) is 19.0. The number of hydrogen-bond acceptors (Lipinski definition) is 3. The van der Waals surface area contributed by atoms with Gasteiger partial charge in [-0.25, -0.2) is 4.79 Å². The number of carboxylic acid groups (broad SMARTS) is 1. The van der Waals surface area contributed by atoms with Crippen LogP contribution >= 0.6 is 0 Å². The van der Waals surface area contributed by atoms with Crippen LogP contribution in [0.15, 0.2) is 36.4 Å². The molecule has 1 aromatic heterocycles. The Hall–Kier alpha value is -2.60. The minimum Gasteiger partial charge on any atom is -0.480 e. The van der Waals surface area contributed by atoms with Crippen LogP contribution in [0.4, 0.5) is 0 Å². The van der Waals surface area contributed by atoms with Crippen molar-refractivity contribution in [3.8, 4) is 0 Å². The number of aromatic nitrogens is 1. The van der Waals surface area contributed by atoms with Gasteiger partial charge in [-0.1, -0.05) is 30.3 Å². The van der Waals surface area contributed by atoms with Gasteiger partial charge in [-0.3, -0.25) is 4.79 Å². The Balaban J connectivity index is 1.83. The zero-order valence-electron chi connectivity index (χ0n) is 16.6. The highest BCUT2D eigenvalue weighted by Gasteiger charge is 2.32. The molecule has 2 aromatic rings. The number of carbonyl (C=O) groups excluding carboxylic acids is 1. The van der Waals surface area contributed by atoms with Crippen molar-refractivity contribution in [1.29, 1.82) is 0 Å². The molecule has 3 atom stereocenters. The molecule has 28 heavy (non-hydrogen) atoms. The summed E-state index contributed by atoms with van der Waals surface area (Å²) in [5.74, 6) is -1.57. The Morgan fingerprint density at radius 1 is 1.25 bits per heavy atom. The summed E-state index contributed by atoms with van der Waals surface area (Å²) < 4.78 is 7.52. The first-order valence-electron chi connectivity index (χ1n) is 9.75. The number of carbonyl (C=O) groups is 2. The van der Waals surface area contributed by atoms with E-state index >= 15 is 0 Å². The van der Waals surface area contributed by atoms with Gasteiger partial charge in [0.15, 0.2) is 0 Å². The second kappa shape index (κ2) is 8.61. The number of benzene rings is 1. The fraction of sp³-hybridized carbons (Fsp3) is 0.455. The van der Waals surface area contributed by atoms with Gasteiger partial charge in [-0.15, -0.1) is 0 Å². The van der Waals surface area contributed by atoms with E-state index in [9.17, 15) is 14.7 Å². The molecular weight excluding hydrogens is 356 g/mol. The van der Waals surface area contributed by atoms with E-state index in [1.807, 2.05) is 38.1 Å². The van der Waals surface area contributed by atoms with E-state index in [-0.39, 0.29) is 17.9 Å². The third-order valence-electron chi connectivity index (χ3n) is 5.62. The lowest BCUT2D eigenvalue weighted by atomic mass is 9.93. The van der Waals surface area contributed by atoms with Gasteiger partial charge in [-0.2, -0.15) is 0 Å². The minimum atomic E-state index is -1.02. The Bertz CT molecular complexity index is 838. The quantitative estimate of drug-likeness (QED) is 0.801. The van der Waals surface area contributed by atoms with E-state index in [1.54, 1.807) is 0 Å². The predicted octanol–water partition coefficient (Wildman–Crippen LogP) is 3.32. The first-order chi connectivity index (χ1) is 13.4. The van der Waals surface area contributed by atoms with Gasteiger partial charge in [0.1, 0.15) is 6.04 Å². The summed E-state index contributed by atoms with van der Waals surface area (Å²) in [6.45, 7) is 6.97. The fourth-order valence-electron chi connectivity index (χ4n) is 4.11. The van der Waals surface area contributed by atoms with Gasteiger partial charge in [0.2, 0.25) is 0 Å². The van der Waals surface area contributed by atoms with Crippen molar-refractivity contribution in [1.82, 2.24) is 9.88 Å². The fourth-order valence-corrected chi connectivity index (χ4v) is 4.11. The van der Waals surface area contributed by atoms with Crippen LogP contribution < -0.4 is 5.32 Å². The molecule has 150 valence electrons. The SMILES string of the molecule is Cc1cc(C(=O)NC(C(=O)O)C2CCCOC2)c(C)n1C(C)c1ccccc1. The molecule has 3 unspecified atom stereocenters. The average molecular weight is 384 g/mol. The first kappa shape index (κ1) is 20.1. The number of aryl methyl sites for hydroxylation is 1. The number of nitrogens with zero attached hydrogens (tertiary/aromatic N) is 1. The smallest absolute Gasteiger partial charge is 0.326 e. The average Bonchev–Trinajstić information content (AvgIpc) is 3.00. The molecule has 6 heteroatoms. The summed E-state index contributed by atoms with van der Waals surface area (Å²) in [7, 11) is 0. The number of aliphatic carboxylic acids is 1. The van der Waals surface area contributed by atoms with Crippen LogP contribution in [0, 0.1) is 19.8 Å². The number of carboxylic acids is 1. The summed E-state index contributed by atoms with van der Waals surface area (Å²) in [5.41, 5.74) is 3.46. The molecule has 0 bridgehead atoms. The third kappa shape index (κ3) is 4.12. The van der Waals surface area contributed by atoms with E-state index in [0.717, 1.165) is 29.8 Å². The van der Waals surface area contributed by atoms with Crippen LogP contribution in [0.25, 0.3) is 0 Å². The van der Waals surface area contributed by atoms with Crippen molar-refractivity contribution >= 4 is 11.9 Å². The standard InChI is InChI=1S/C22H28N2O4/c1-14-12-19(16(3)24(14)15(2)17-8-5-4-6-9-17)21(25)23-20(22(26)27)18-10-7-11-28-13-18/h4-6,8-9,12,15,18,20H,7,10-11,13H2,1-3H3,(H,23,25)(H,26,27). The second-order valence-corrected chi connectivity index (χ2v) is 7.51. The zero-order valence-corrected chi connectivity index (χ0v) is 16.6. The molecule has 1 aromatic carbocycles. The highest BCUT2D eigenvalue weighted by molar-refractivity contribution is 5.98. The van der Waals surface area contributed by atoms with E-state index in [4.69, 9.17) is 4.74 Å². The molecule has 6 nitrogen and oxygen atoms in total. The van der Waals surface area contributed by atoms with Gasteiger partial charge < -0.3 is 19.7 Å². The third-order valence-corrected chi connectivity index (χ3v) is 5.62. The Morgan fingerprint density at radius 2 is 1.96 bits per heavy atom. The Morgan fingerprint density at radius 3 is 2.57 bits per heavy atom. The Labute approximate surface area is 165 Å².